The minimum absolute atomic E-state index is 0.0764. The summed E-state index contributed by atoms with van der Waals surface area (Å²) in [7, 11) is 0. The van der Waals surface area contributed by atoms with E-state index in [2.05, 4.69) is 0 Å². The van der Waals surface area contributed by atoms with Crippen molar-refractivity contribution in [3.05, 3.63) is 35.4 Å². The van der Waals surface area contributed by atoms with Crippen molar-refractivity contribution in [2.45, 2.75) is 33.1 Å². The van der Waals surface area contributed by atoms with Crippen molar-refractivity contribution in [3.63, 3.8) is 0 Å². The Morgan fingerprint density at radius 2 is 1.75 bits per heavy atom. The zero-order chi connectivity index (χ0) is 14.9. The van der Waals surface area contributed by atoms with Crippen LogP contribution in [-0.4, -0.2) is 35.0 Å². The molecule has 108 valence electrons. The van der Waals surface area contributed by atoms with E-state index in [1.165, 1.54) is 0 Å². The fourth-order valence-electron chi connectivity index (χ4n) is 2.47. The quantitative estimate of drug-likeness (QED) is 0.918. The second-order valence-electron chi connectivity index (χ2n) is 6.05. The van der Waals surface area contributed by atoms with E-state index in [0.29, 0.717) is 0 Å². The molecule has 1 N–H and O–H groups in total. The molecular weight excluding hydrogens is 254 g/mol. The SMILES string of the molecule is Cc1ccc(C(C(=O)N2CCC2)C(C)(C)C(=O)O)cc1. The predicted octanol–water partition coefficient (Wildman–Crippen LogP) is 2.42. The Balaban J connectivity index is 2.40. The molecule has 1 atom stereocenters. The van der Waals surface area contributed by atoms with E-state index in [0.717, 1.165) is 30.6 Å². The summed E-state index contributed by atoms with van der Waals surface area (Å²) < 4.78 is 0. The number of likely N-dealkylation sites (tertiary alicyclic amines) is 1. The molecule has 1 amide bonds. The molecule has 1 unspecified atom stereocenters. The Labute approximate surface area is 119 Å². The van der Waals surface area contributed by atoms with Gasteiger partial charge in [0.2, 0.25) is 5.91 Å². The highest BCUT2D eigenvalue weighted by Gasteiger charge is 2.44. The van der Waals surface area contributed by atoms with Gasteiger partial charge in [0.25, 0.3) is 0 Å². The summed E-state index contributed by atoms with van der Waals surface area (Å²) in [6, 6.07) is 7.57. The van der Waals surface area contributed by atoms with Gasteiger partial charge < -0.3 is 10.0 Å². The van der Waals surface area contributed by atoms with Crippen molar-refractivity contribution < 1.29 is 14.7 Å². The van der Waals surface area contributed by atoms with Gasteiger partial charge in [-0.25, -0.2) is 0 Å². The maximum atomic E-state index is 12.6. The summed E-state index contributed by atoms with van der Waals surface area (Å²) in [5.74, 6) is -1.66. The zero-order valence-electron chi connectivity index (χ0n) is 12.2. The van der Waals surface area contributed by atoms with Gasteiger partial charge in [-0.15, -0.1) is 0 Å². The molecule has 1 aliphatic heterocycles. The van der Waals surface area contributed by atoms with E-state index in [9.17, 15) is 14.7 Å². The van der Waals surface area contributed by atoms with E-state index < -0.39 is 17.3 Å². The molecule has 0 bridgehead atoms. The molecule has 1 saturated heterocycles. The second kappa shape index (κ2) is 5.27. The van der Waals surface area contributed by atoms with Crippen molar-refractivity contribution in [1.82, 2.24) is 4.90 Å². The highest BCUT2D eigenvalue weighted by molar-refractivity contribution is 5.91. The second-order valence-corrected chi connectivity index (χ2v) is 6.05. The summed E-state index contributed by atoms with van der Waals surface area (Å²) >= 11 is 0. The fourth-order valence-corrected chi connectivity index (χ4v) is 2.47. The van der Waals surface area contributed by atoms with E-state index in [4.69, 9.17) is 0 Å². The number of rotatable bonds is 4. The number of hydrogen-bond donors (Lipinski definition) is 1. The van der Waals surface area contributed by atoms with Crippen LogP contribution in [0.1, 0.15) is 37.3 Å². The molecule has 1 fully saturated rings. The van der Waals surface area contributed by atoms with Gasteiger partial charge in [-0.05, 0) is 32.8 Å². The van der Waals surface area contributed by atoms with Gasteiger partial charge in [0.1, 0.15) is 0 Å². The number of carboxylic acids is 1. The van der Waals surface area contributed by atoms with Gasteiger partial charge in [-0.3, -0.25) is 9.59 Å². The summed E-state index contributed by atoms with van der Waals surface area (Å²) in [5, 5.41) is 9.48. The first kappa shape index (κ1) is 14.6. The molecule has 0 aromatic heterocycles. The van der Waals surface area contributed by atoms with Gasteiger partial charge in [0.15, 0.2) is 0 Å². The van der Waals surface area contributed by atoms with Crippen molar-refractivity contribution >= 4 is 11.9 Å². The number of nitrogens with zero attached hydrogens (tertiary/aromatic N) is 1. The number of carbonyl (C=O) groups is 2. The number of benzene rings is 1. The Morgan fingerprint density at radius 1 is 1.20 bits per heavy atom. The van der Waals surface area contributed by atoms with Gasteiger partial charge in [-0.2, -0.15) is 0 Å². The molecule has 0 saturated carbocycles. The lowest BCUT2D eigenvalue weighted by molar-refractivity contribution is -0.154. The maximum Gasteiger partial charge on any atom is 0.310 e. The molecule has 20 heavy (non-hydrogen) atoms. The third-order valence-electron chi connectivity index (χ3n) is 4.10. The lowest BCUT2D eigenvalue weighted by Crippen LogP contribution is -2.49. The molecule has 0 aliphatic carbocycles. The van der Waals surface area contributed by atoms with Crippen molar-refractivity contribution in [2.75, 3.05) is 13.1 Å². The molecule has 1 aliphatic rings. The van der Waals surface area contributed by atoms with Crippen LogP contribution < -0.4 is 0 Å². The highest BCUT2D eigenvalue weighted by atomic mass is 16.4. The summed E-state index contributed by atoms with van der Waals surface area (Å²) in [6.45, 7) is 6.68. The van der Waals surface area contributed by atoms with Crippen LogP contribution in [0, 0.1) is 12.3 Å². The van der Waals surface area contributed by atoms with Crippen LogP contribution in [0.5, 0.6) is 0 Å². The van der Waals surface area contributed by atoms with Crippen LogP contribution in [0.3, 0.4) is 0 Å². The first-order chi connectivity index (χ1) is 9.34. The van der Waals surface area contributed by atoms with E-state index in [1.54, 1.807) is 18.7 Å². The van der Waals surface area contributed by atoms with Crippen LogP contribution in [0.15, 0.2) is 24.3 Å². The fraction of sp³-hybridized carbons (Fsp3) is 0.500. The number of aryl methyl sites for hydroxylation is 1. The summed E-state index contributed by atoms with van der Waals surface area (Å²) in [4.78, 5) is 25.9. The van der Waals surface area contributed by atoms with Crippen LogP contribution in [-0.2, 0) is 9.59 Å². The lowest BCUT2D eigenvalue weighted by Gasteiger charge is -2.38. The lowest BCUT2D eigenvalue weighted by atomic mass is 9.73. The van der Waals surface area contributed by atoms with Crippen molar-refractivity contribution in [2.24, 2.45) is 5.41 Å². The molecule has 2 rings (SSSR count). The maximum absolute atomic E-state index is 12.6. The number of carboxylic acid groups (broad SMARTS) is 1. The molecular formula is C16H21NO3. The van der Waals surface area contributed by atoms with Gasteiger partial charge in [-0.1, -0.05) is 29.8 Å². The van der Waals surface area contributed by atoms with Gasteiger partial charge in [0.05, 0.1) is 11.3 Å². The highest BCUT2D eigenvalue weighted by Crippen LogP contribution is 2.38. The van der Waals surface area contributed by atoms with Crippen molar-refractivity contribution in [1.29, 1.82) is 0 Å². The monoisotopic (exact) mass is 275 g/mol. The molecule has 1 heterocycles. The molecule has 1 aromatic rings. The molecule has 4 heteroatoms. The molecule has 4 nitrogen and oxygen atoms in total. The molecule has 0 radical (unpaired) electrons. The van der Waals surface area contributed by atoms with Gasteiger partial charge >= 0.3 is 5.97 Å². The Hall–Kier alpha value is -1.84. The molecule has 0 spiro atoms. The smallest absolute Gasteiger partial charge is 0.310 e. The van der Waals surface area contributed by atoms with Crippen molar-refractivity contribution in [3.8, 4) is 0 Å². The standard InChI is InChI=1S/C16H21NO3/c1-11-5-7-12(8-6-11)13(16(2,3)15(19)20)14(18)17-9-4-10-17/h5-8,13H,4,9-10H2,1-3H3,(H,19,20). The minimum atomic E-state index is -1.12. The normalized spacial score (nSPS) is 16.4. The van der Waals surface area contributed by atoms with E-state index in [1.807, 2.05) is 31.2 Å². The Morgan fingerprint density at radius 3 is 2.15 bits per heavy atom. The summed E-state index contributed by atoms with van der Waals surface area (Å²) in [6.07, 6.45) is 1.000. The van der Waals surface area contributed by atoms with Gasteiger partial charge in [0, 0.05) is 13.1 Å². The van der Waals surface area contributed by atoms with Crippen LogP contribution in [0.4, 0.5) is 0 Å². The van der Waals surface area contributed by atoms with Crippen LogP contribution in [0.25, 0.3) is 0 Å². The largest absolute Gasteiger partial charge is 0.481 e. The first-order valence-corrected chi connectivity index (χ1v) is 6.93. The molecule has 1 aromatic carbocycles. The number of carbonyl (C=O) groups excluding carboxylic acids is 1. The third-order valence-corrected chi connectivity index (χ3v) is 4.10. The Kier molecular flexibility index (Phi) is 3.84. The van der Waals surface area contributed by atoms with E-state index >= 15 is 0 Å². The predicted molar refractivity (Wildman–Crippen MR) is 76.5 cm³/mol. The number of amides is 1. The third kappa shape index (κ3) is 2.55. The van der Waals surface area contributed by atoms with Crippen LogP contribution >= 0.6 is 0 Å². The average molecular weight is 275 g/mol. The number of hydrogen-bond acceptors (Lipinski definition) is 2. The first-order valence-electron chi connectivity index (χ1n) is 6.93. The minimum Gasteiger partial charge on any atom is -0.481 e. The Bertz CT molecular complexity index is 515. The summed E-state index contributed by atoms with van der Waals surface area (Å²) in [5.41, 5.74) is 0.749. The number of aliphatic carboxylic acids is 1. The van der Waals surface area contributed by atoms with E-state index in [-0.39, 0.29) is 5.91 Å². The average Bonchev–Trinajstić information content (AvgIpc) is 2.29. The van der Waals surface area contributed by atoms with Crippen LogP contribution in [0.2, 0.25) is 0 Å². The zero-order valence-corrected chi connectivity index (χ0v) is 12.2. The topological polar surface area (TPSA) is 57.6 Å².